The van der Waals surface area contributed by atoms with E-state index in [0.717, 1.165) is 24.2 Å². The summed E-state index contributed by atoms with van der Waals surface area (Å²) in [5.74, 6) is -0.0929. The molecule has 136 valence electrons. The summed E-state index contributed by atoms with van der Waals surface area (Å²) in [6.45, 7) is 6.11. The predicted molar refractivity (Wildman–Crippen MR) is 99.0 cm³/mol. The van der Waals surface area contributed by atoms with Gasteiger partial charge >= 0.3 is 0 Å². The van der Waals surface area contributed by atoms with Gasteiger partial charge in [-0.2, -0.15) is 5.10 Å². The van der Waals surface area contributed by atoms with Crippen molar-refractivity contribution in [2.24, 2.45) is 7.05 Å². The van der Waals surface area contributed by atoms with E-state index >= 15 is 0 Å². The van der Waals surface area contributed by atoms with E-state index in [9.17, 15) is 13.2 Å². The molecule has 1 heterocycles. The number of carbonyl (C=O) groups is 1. The van der Waals surface area contributed by atoms with Crippen LogP contribution in [-0.2, 0) is 23.3 Å². The maximum atomic E-state index is 11.9. The van der Waals surface area contributed by atoms with Crippen molar-refractivity contribution in [1.82, 2.24) is 9.78 Å². The van der Waals surface area contributed by atoms with Crippen LogP contribution >= 0.6 is 0 Å². The van der Waals surface area contributed by atoms with Gasteiger partial charge in [0.25, 0.3) is 0 Å². The molecule has 1 aromatic heterocycles. The lowest BCUT2D eigenvalue weighted by atomic mass is 10.1. The van der Waals surface area contributed by atoms with Crippen LogP contribution in [0.4, 0.5) is 5.69 Å². The standard InChI is InChI=1S/C18H25N3O3S/c1-12-16(13(2)21(4)20-12)7-6-10-19-17-11-15(14(3)22)8-9-18(17)25(5,23)24/h8-9,11,19H,6-7,10H2,1-5H3. The molecule has 0 radical (unpaired) electrons. The molecule has 0 aliphatic heterocycles. The first-order chi connectivity index (χ1) is 11.6. The monoisotopic (exact) mass is 363 g/mol. The first-order valence-corrected chi connectivity index (χ1v) is 10.1. The average molecular weight is 363 g/mol. The second-order valence-electron chi connectivity index (χ2n) is 6.34. The quantitative estimate of drug-likeness (QED) is 0.604. The molecule has 1 N–H and O–H groups in total. The number of aryl methyl sites for hydroxylation is 2. The van der Waals surface area contributed by atoms with Gasteiger partial charge < -0.3 is 5.32 Å². The van der Waals surface area contributed by atoms with Gasteiger partial charge in [-0.15, -0.1) is 0 Å². The Morgan fingerprint density at radius 1 is 1.28 bits per heavy atom. The minimum absolute atomic E-state index is 0.0929. The van der Waals surface area contributed by atoms with E-state index < -0.39 is 9.84 Å². The largest absolute Gasteiger partial charge is 0.384 e. The van der Waals surface area contributed by atoms with E-state index in [0.29, 0.717) is 17.8 Å². The number of nitrogens with one attached hydrogen (secondary N) is 1. The molecule has 0 spiro atoms. The van der Waals surface area contributed by atoms with Crippen LogP contribution in [0.15, 0.2) is 23.1 Å². The van der Waals surface area contributed by atoms with E-state index in [1.807, 2.05) is 25.6 Å². The number of hydrogen-bond donors (Lipinski definition) is 1. The summed E-state index contributed by atoms with van der Waals surface area (Å²) in [4.78, 5) is 11.8. The average Bonchev–Trinajstić information content (AvgIpc) is 2.76. The van der Waals surface area contributed by atoms with Gasteiger partial charge in [0.2, 0.25) is 0 Å². The van der Waals surface area contributed by atoms with Gasteiger partial charge in [-0.25, -0.2) is 8.42 Å². The SMILES string of the molecule is CC(=O)c1ccc(S(C)(=O)=O)c(NCCCc2c(C)nn(C)c2C)c1. The maximum Gasteiger partial charge on any atom is 0.177 e. The molecule has 0 aliphatic carbocycles. The highest BCUT2D eigenvalue weighted by Crippen LogP contribution is 2.23. The fourth-order valence-electron chi connectivity index (χ4n) is 2.88. The molecule has 1 aromatic carbocycles. The summed E-state index contributed by atoms with van der Waals surface area (Å²) in [7, 11) is -1.44. The van der Waals surface area contributed by atoms with Crippen molar-refractivity contribution in [3.05, 3.63) is 40.7 Å². The van der Waals surface area contributed by atoms with Crippen molar-refractivity contribution in [2.45, 2.75) is 38.5 Å². The van der Waals surface area contributed by atoms with E-state index in [-0.39, 0.29) is 10.7 Å². The van der Waals surface area contributed by atoms with Gasteiger partial charge in [0.05, 0.1) is 16.3 Å². The number of anilines is 1. The third-order valence-electron chi connectivity index (χ3n) is 4.36. The van der Waals surface area contributed by atoms with Crippen LogP contribution in [0.5, 0.6) is 0 Å². The van der Waals surface area contributed by atoms with Crippen molar-refractivity contribution in [2.75, 3.05) is 18.1 Å². The molecule has 0 atom stereocenters. The molecule has 7 heteroatoms. The van der Waals surface area contributed by atoms with Crippen LogP contribution in [0.25, 0.3) is 0 Å². The summed E-state index contributed by atoms with van der Waals surface area (Å²) in [5, 5.41) is 7.58. The third-order valence-corrected chi connectivity index (χ3v) is 5.52. The highest BCUT2D eigenvalue weighted by molar-refractivity contribution is 7.90. The second-order valence-corrected chi connectivity index (χ2v) is 8.33. The smallest absolute Gasteiger partial charge is 0.177 e. The van der Waals surface area contributed by atoms with E-state index in [4.69, 9.17) is 0 Å². The zero-order valence-electron chi connectivity index (χ0n) is 15.4. The molecule has 0 saturated heterocycles. The molecular weight excluding hydrogens is 338 g/mol. The minimum atomic E-state index is -3.36. The van der Waals surface area contributed by atoms with Crippen molar-refractivity contribution >= 4 is 21.3 Å². The zero-order valence-corrected chi connectivity index (χ0v) is 16.2. The van der Waals surface area contributed by atoms with E-state index in [1.54, 1.807) is 12.1 Å². The number of benzene rings is 1. The Kier molecular flexibility index (Phi) is 5.67. The lowest BCUT2D eigenvalue weighted by Gasteiger charge is -2.12. The summed E-state index contributed by atoms with van der Waals surface area (Å²) < 4.78 is 25.8. The topological polar surface area (TPSA) is 81.1 Å². The van der Waals surface area contributed by atoms with Crippen LogP contribution in [0.2, 0.25) is 0 Å². The lowest BCUT2D eigenvalue weighted by molar-refractivity contribution is 0.101. The Morgan fingerprint density at radius 2 is 1.96 bits per heavy atom. The zero-order chi connectivity index (χ0) is 18.8. The van der Waals surface area contributed by atoms with Gasteiger partial charge in [0.1, 0.15) is 0 Å². The van der Waals surface area contributed by atoms with Gasteiger partial charge in [0, 0.05) is 31.1 Å². The Bertz CT molecular complexity index is 899. The van der Waals surface area contributed by atoms with Gasteiger partial charge in [-0.1, -0.05) is 0 Å². The third kappa shape index (κ3) is 4.48. The first kappa shape index (κ1) is 19.2. The van der Waals surface area contributed by atoms with Crippen LogP contribution < -0.4 is 5.32 Å². The van der Waals surface area contributed by atoms with Crippen LogP contribution in [0, 0.1) is 13.8 Å². The summed E-state index contributed by atoms with van der Waals surface area (Å²) in [6.07, 6.45) is 2.86. The van der Waals surface area contributed by atoms with Gasteiger partial charge in [-0.05, 0) is 57.4 Å². The Hall–Kier alpha value is -2.15. The number of carbonyl (C=O) groups excluding carboxylic acids is 1. The van der Waals surface area contributed by atoms with Crippen molar-refractivity contribution < 1.29 is 13.2 Å². The molecule has 0 unspecified atom stereocenters. The Morgan fingerprint density at radius 3 is 2.48 bits per heavy atom. The molecule has 25 heavy (non-hydrogen) atoms. The number of nitrogens with zero attached hydrogens (tertiary/aromatic N) is 2. The molecule has 0 fully saturated rings. The van der Waals surface area contributed by atoms with E-state index in [1.165, 1.54) is 24.8 Å². The number of aromatic nitrogens is 2. The lowest BCUT2D eigenvalue weighted by Crippen LogP contribution is -2.10. The fraction of sp³-hybridized carbons (Fsp3) is 0.444. The van der Waals surface area contributed by atoms with E-state index in [2.05, 4.69) is 10.4 Å². The second kappa shape index (κ2) is 7.39. The highest BCUT2D eigenvalue weighted by Gasteiger charge is 2.15. The van der Waals surface area contributed by atoms with Crippen LogP contribution in [-0.4, -0.2) is 36.8 Å². The predicted octanol–water partition coefficient (Wildman–Crippen LogP) is 2.69. The number of ketones is 1. The highest BCUT2D eigenvalue weighted by atomic mass is 32.2. The summed E-state index contributed by atoms with van der Waals surface area (Å²) >= 11 is 0. The fourth-order valence-corrected chi connectivity index (χ4v) is 3.72. The maximum absolute atomic E-state index is 11.9. The molecule has 2 aromatic rings. The van der Waals surface area contributed by atoms with Crippen LogP contribution in [0.1, 0.15) is 40.7 Å². The van der Waals surface area contributed by atoms with Crippen LogP contribution in [0.3, 0.4) is 0 Å². The van der Waals surface area contributed by atoms with Crippen molar-refractivity contribution in [3.8, 4) is 0 Å². The number of sulfone groups is 1. The number of hydrogen-bond acceptors (Lipinski definition) is 5. The minimum Gasteiger partial charge on any atom is -0.384 e. The molecule has 0 amide bonds. The van der Waals surface area contributed by atoms with Crippen molar-refractivity contribution in [3.63, 3.8) is 0 Å². The molecule has 0 bridgehead atoms. The van der Waals surface area contributed by atoms with Gasteiger partial charge in [0.15, 0.2) is 15.6 Å². The molecule has 0 aliphatic rings. The Balaban J connectivity index is 2.11. The molecular formula is C18H25N3O3S. The summed E-state index contributed by atoms with van der Waals surface area (Å²) in [6, 6.07) is 4.65. The Labute approximate surface area is 149 Å². The number of rotatable bonds is 7. The number of Topliss-reactive ketones (excluding diaryl/α,β-unsaturated/α-hetero) is 1. The normalized spacial score (nSPS) is 11.6. The first-order valence-electron chi connectivity index (χ1n) is 8.19. The molecule has 2 rings (SSSR count). The molecule has 6 nitrogen and oxygen atoms in total. The van der Waals surface area contributed by atoms with Crippen molar-refractivity contribution in [1.29, 1.82) is 0 Å². The molecule has 0 saturated carbocycles. The van der Waals surface area contributed by atoms with Gasteiger partial charge in [-0.3, -0.25) is 9.48 Å². The summed E-state index contributed by atoms with van der Waals surface area (Å²) in [5.41, 5.74) is 4.37.